The van der Waals surface area contributed by atoms with Gasteiger partial charge in [-0.1, -0.05) is 13.8 Å². The first-order valence-electron chi connectivity index (χ1n) is 6.81. The summed E-state index contributed by atoms with van der Waals surface area (Å²) in [5.41, 5.74) is 6.26. The molecule has 2 rings (SSSR count). The molecule has 0 bridgehead atoms. The lowest BCUT2D eigenvalue weighted by molar-refractivity contribution is 0.0572. The maximum absolute atomic E-state index is 9.55. The van der Waals surface area contributed by atoms with E-state index in [1.165, 1.54) is 6.42 Å². The molecule has 0 amide bonds. The predicted molar refractivity (Wildman–Crippen MR) is 67.5 cm³/mol. The van der Waals surface area contributed by atoms with E-state index in [0.717, 1.165) is 18.9 Å². The number of rotatable bonds is 2. The average molecular weight is 242 g/mol. The second kappa shape index (κ2) is 5.22. The molecule has 100 valence electrons. The Kier molecular flexibility index (Phi) is 4.08. The number of nitrogens with zero attached hydrogens (tertiary/aromatic N) is 1. The molecule has 6 unspecified atom stereocenters. The second-order valence-corrected chi connectivity index (χ2v) is 6.23. The van der Waals surface area contributed by atoms with Crippen LogP contribution in [0.15, 0.2) is 0 Å². The number of β-amino-alcohol motifs (C(OH)–C–C–N with tert-alkyl or cyclic N) is 2. The summed E-state index contributed by atoms with van der Waals surface area (Å²) < 4.78 is 0. The summed E-state index contributed by atoms with van der Waals surface area (Å²) in [5.74, 6) is 1.87. The molecule has 4 heteroatoms. The van der Waals surface area contributed by atoms with Gasteiger partial charge in [-0.2, -0.15) is 0 Å². The highest BCUT2D eigenvalue weighted by Crippen LogP contribution is 2.33. The Morgan fingerprint density at radius 2 is 1.71 bits per heavy atom. The van der Waals surface area contributed by atoms with Crippen LogP contribution in [0.5, 0.6) is 0 Å². The third-order valence-electron chi connectivity index (χ3n) is 4.53. The van der Waals surface area contributed by atoms with Gasteiger partial charge in [0.15, 0.2) is 0 Å². The average Bonchev–Trinajstić information content (AvgIpc) is 2.52. The summed E-state index contributed by atoms with van der Waals surface area (Å²) in [5, 5.41) is 19.1. The first-order chi connectivity index (χ1) is 7.97. The lowest BCUT2D eigenvalue weighted by atomic mass is 9.72. The van der Waals surface area contributed by atoms with Crippen molar-refractivity contribution in [3.8, 4) is 0 Å². The van der Waals surface area contributed by atoms with Crippen LogP contribution in [0.2, 0.25) is 0 Å². The maximum atomic E-state index is 9.55. The molecular formula is C13H26N2O2. The largest absolute Gasteiger partial charge is 0.389 e. The third-order valence-corrected chi connectivity index (χ3v) is 4.53. The van der Waals surface area contributed by atoms with Crippen LogP contribution in [0.1, 0.15) is 26.7 Å². The summed E-state index contributed by atoms with van der Waals surface area (Å²) >= 11 is 0. The molecule has 6 atom stereocenters. The minimum Gasteiger partial charge on any atom is -0.389 e. The van der Waals surface area contributed by atoms with E-state index in [0.29, 0.717) is 24.9 Å². The number of nitrogens with two attached hydrogens (primary N) is 1. The molecule has 1 saturated heterocycles. The molecule has 0 aromatic rings. The molecule has 0 radical (unpaired) electrons. The Morgan fingerprint density at radius 3 is 2.24 bits per heavy atom. The van der Waals surface area contributed by atoms with Crippen molar-refractivity contribution in [1.29, 1.82) is 0 Å². The van der Waals surface area contributed by atoms with E-state index in [4.69, 9.17) is 5.73 Å². The fourth-order valence-corrected chi connectivity index (χ4v) is 3.58. The molecule has 2 fully saturated rings. The van der Waals surface area contributed by atoms with Crippen LogP contribution in [0.3, 0.4) is 0 Å². The molecule has 1 heterocycles. The van der Waals surface area contributed by atoms with E-state index in [1.807, 2.05) is 0 Å². The number of aliphatic hydroxyl groups excluding tert-OH is 2. The zero-order valence-corrected chi connectivity index (χ0v) is 10.9. The molecule has 4 N–H and O–H groups in total. The van der Waals surface area contributed by atoms with Gasteiger partial charge in [-0.15, -0.1) is 0 Å². The molecule has 1 saturated carbocycles. The Labute approximate surface area is 104 Å². The molecular weight excluding hydrogens is 216 g/mol. The summed E-state index contributed by atoms with van der Waals surface area (Å²) in [6.07, 6.45) is 1.19. The maximum Gasteiger partial charge on any atom is 0.0938 e. The summed E-state index contributed by atoms with van der Waals surface area (Å²) in [4.78, 5) is 2.16. The van der Waals surface area contributed by atoms with Crippen molar-refractivity contribution in [1.82, 2.24) is 4.90 Å². The fraction of sp³-hybridized carbons (Fsp3) is 1.00. The first kappa shape index (κ1) is 13.3. The Bertz CT molecular complexity index is 240. The standard InChI is InChI=1S/C13H26N2O2/c1-8-3-9(2)10(11(14)4-8)5-15-6-12(16)13(17)7-15/h8-13,16-17H,3-7,14H2,1-2H3. The highest BCUT2D eigenvalue weighted by molar-refractivity contribution is 4.91. The van der Waals surface area contributed by atoms with Gasteiger partial charge in [0.25, 0.3) is 0 Å². The lowest BCUT2D eigenvalue weighted by Crippen LogP contribution is -2.46. The zero-order chi connectivity index (χ0) is 12.6. The van der Waals surface area contributed by atoms with Crippen LogP contribution in [0.4, 0.5) is 0 Å². The van der Waals surface area contributed by atoms with Gasteiger partial charge >= 0.3 is 0 Å². The van der Waals surface area contributed by atoms with Crippen molar-refractivity contribution >= 4 is 0 Å². The van der Waals surface area contributed by atoms with Crippen LogP contribution in [0, 0.1) is 17.8 Å². The highest BCUT2D eigenvalue weighted by atomic mass is 16.3. The summed E-state index contributed by atoms with van der Waals surface area (Å²) in [6.45, 7) is 6.65. The van der Waals surface area contributed by atoms with E-state index in [9.17, 15) is 10.2 Å². The van der Waals surface area contributed by atoms with Crippen molar-refractivity contribution in [2.75, 3.05) is 19.6 Å². The Hall–Kier alpha value is -0.160. The van der Waals surface area contributed by atoms with Gasteiger partial charge < -0.3 is 15.9 Å². The summed E-state index contributed by atoms with van der Waals surface area (Å²) in [7, 11) is 0. The van der Waals surface area contributed by atoms with Crippen LogP contribution in [-0.2, 0) is 0 Å². The van der Waals surface area contributed by atoms with E-state index in [2.05, 4.69) is 18.7 Å². The van der Waals surface area contributed by atoms with Crippen molar-refractivity contribution in [3.63, 3.8) is 0 Å². The third kappa shape index (κ3) is 2.99. The molecule has 4 nitrogen and oxygen atoms in total. The van der Waals surface area contributed by atoms with Gasteiger partial charge in [0.1, 0.15) is 0 Å². The normalized spacial score (nSPS) is 48.5. The molecule has 17 heavy (non-hydrogen) atoms. The van der Waals surface area contributed by atoms with Gasteiger partial charge in [0, 0.05) is 25.7 Å². The van der Waals surface area contributed by atoms with Crippen LogP contribution >= 0.6 is 0 Å². The number of hydrogen-bond acceptors (Lipinski definition) is 4. The van der Waals surface area contributed by atoms with E-state index < -0.39 is 12.2 Å². The van der Waals surface area contributed by atoms with E-state index in [-0.39, 0.29) is 6.04 Å². The topological polar surface area (TPSA) is 69.7 Å². The fourth-order valence-electron chi connectivity index (χ4n) is 3.58. The quantitative estimate of drug-likeness (QED) is 0.639. The first-order valence-corrected chi connectivity index (χ1v) is 6.81. The van der Waals surface area contributed by atoms with Crippen LogP contribution < -0.4 is 5.73 Å². The van der Waals surface area contributed by atoms with Gasteiger partial charge in [-0.3, -0.25) is 4.90 Å². The SMILES string of the molecule is CC1CC(C)C(CN2CC(O)C(O)C2)C(N)C1. The molecule has 2 aliphatic rings. The Balaban J connectivity index is 1.90. The van der Waals surface area contributed by atoms with Gasteiger partial charge in [-0.25, -0.2) is 0 Å². The smallest absolute Gasteiger partial charge is 0.0938 e. The number of hydrogen-bond donors (Lipinski definition) is 3. The minimum atomic E-state index is -0.580. The molecule has 1 aliphatic heterocycles. The minimum absolute atomic E-state index is 0.267. The van der Waals surface area contributed by atoms with Gasteiger partial charge in [0.2, 0.25) is 0 Å². The van der Waals surface area contributed by atoms with Crippen LogP contribution in [-0.4, -0.2) is 53.0 Å². The molecule has 1 aliphatic carbocycles. The number of likely N-dealkylation sites (tertiary alicyclic amines) is 1. The predicted octanol–water partition coefficient (Wildman–Crippen LogP) is 0.0333. The zero-order valence-electron chi connectivity index (χ0n) is 10.9. The monoisotopic (exact) mass is 242 g/mol. The van der Waals surface area contributed by atoms with Crippen molar-refractivity contribution < 1.29 is 10.2 Å². The van der Waals surface area contributed by atoms with Crippen molar-refractivity contribution in [2.24, 2.45) is 23.5 Å². The van der Waals surface area contributed by atoms with E-state index >= 15 is 0 Å². The van der Waals surface area contributed by atoms with Crippen LogP contribution in [0.25, 0.3) is 0 Å². The van der Waals surface area contributed by atoms with Gasteiger partial charge in [-0.05, 0) is 30.6 Å². The lowest BCUT2D eigenvalue weighted by Gasteiger charge is -2.39. The van der Waals surface area contributed by atoms with E-state index in [1.54, 1.807) is 0 Å². The molecule has 0 spiro atoms. The van der Waals surface area contributed by atoms with Gasteiger partial charge in [0.05, 0.1) is 12.2 Å². The second-order valence-electron chi connectivity index (χ2n) is 6.23. The van der Waals surface area contributed by atoms with Crippen molar-refractivity contribution in [3.05, 3.63) is 0 Å². The molecule has 0 aromatic carbocycles. The Morgan fingerprint density at radius 1 is 1.12 bits per heavy atom. The summed E-state index contributed by atoms with van der Waals surface area (Å²) in [6, 6.07) is 0.267. The number of aliphatic hydroxyl groups is 2. The molecule has 0 aromatic heterocycles. The van der Waals surface area contributed by atoms with Crippen molar-refractivity contribution in [2.45, 2.75) is 44.9 Å². The highest BCUT2D eigenvalue weighted by Gasteiger charge is 2.36.